The number of carbonyl (C=O) groups excluding carboxylic acids is 2. The average molecular weight is 386 g/mol. The number of allylic oxidation sites excluding steroid dienone is 6. The van der Waals surface area contributed by atoms with Crippen molar-refractivity contribution in [3.05, 3.63) is 41.0 Å². The highest BCUT2D eigenvalue weighted by atomic mass is 32.1. The molecule has 1 aromatic rings. The Morgan fingerprint density at radius 1 is 1.44 bits per heavy atom. The molecule has 4 N–H and O–H groups in total. The third-order valence-corrected chi connectivity index (χ3v) is 5.18. The van der Waals surface area contributed by atoms with Gasteiger partial charge in [-0.1, -0.05) is 24.2 Å². The summed E-state index contributed by atoms with van der Waals surface area (Å²) in [5.41, 5.74) is 6.46. The van der Waals surface area contributed by atoms with E-state index in [1.807, 2.05) is 6.92 Å². The third-order valence-electron chi connectivity index (χ3n) is 4.29. The summed E-state index contributed by atoms with van der Waals surface area (Å²) in [4.78, 5) is 27.7. The van der Waals surface area contributed by atoms with Crippen LogP contribution in [0.3, 0.4) is 0 Å². The third kappa shape index (κ3) is 4.63. The second-order valence-electron chi connectivity index (χ2n) is 6.52. The number of nitrogens with two attached hydrogens (primary N) is 1. The van der Waals surface area contributed by atoms with Crippen molar-refractivity contribution in [3.8, 4) is 12.3 Å². The molecule has 6 nitrogen and oxygen atoms in total. The Kier molecular flexibility index (Phi) is 5.42. The van der Waals surface area contributed by atoms with Crippen molar-refractivity contribution in [1.29, 1.82) is 0 Å². The second kappa shape index (κ2) is 7.76. The van der Waals surface area contributed by atoms with Gasteiger partial charge in [-0.3, -0.25) is 9.59 Å². The van der Waals surface area contributed by atoms with Gasteiger partial charge in [0.1, 0.15) is 10.8 Å². The summed E-state index contributed by atoms with van der Waals surface area (Å²) in [5.74, 6) is 1.40. The molecule has 1 saturated carbocycles. The lowest BCUT2D eigenvalue weighted by molar-refractivity contribution is -0.117. The molecule has 1 atom stereocenters. The summed E-state index contributed by atoms with van der Waals surface area (Å²) in [7, 11) is 0. The van der Waals surface area contributed by atoms with Gasteiger partial charge in [0.15, 0.2) is 10.8 Å². The fourth-order valence-corrected chi connectivity index (χ4v) is 3.44. The zero-order chi connectivity index (χ0) is 19.6. The first-order valence-electron chi connectivity index (χ1n) is 8.51. The number of primary amides is 1. The van der Waals surface area contributed by atoms with E-state index < -0.39 is 5.91 Å². The van der Waals surface area contributed by atoms with Crippen molar-refractivity contribution in [2.45, 2.75) is 26.2 Å². The Morgan fingerprint density at radius 3 is 2.81 bits per heavy atom. The van der Waals surface area contributed by atoms with Crippen LogP contribution in [0.1, 0.15) is 36.7 Å². The van der Waals surface area contributed by atoms with E-state index in [1.54, 1.807) is 6.08 Å². The fourth-order valence-electron chi connectivity index (χ4n) is 2.55. The van der Waals surface area contributed by atoms with Crippen molar-refractivity contribution in [1.82, 2.24) is 4.98 Å². The molecule has 2 aliphatic carbocycles. The van der Waals surface area contributed by atoms with Crippen LogP contribution in [-0.4, -0.2) is 16.8 Å². The minimum atomic E-state index is -0.743. The van der Waals surface area contributed by atoms with Gasteiger partial charge in [0.25, 0.3) is 5.91 Å². The standard InChI is InChI=1S/C19H19FN4O2S/c1-3-14(9-12-8-13(20)7-4-10(12)2)22-19-23-15(16(21)25)18(27-19)24-17(26)11-5-6-11/h1,7-11H,4-6H2,2H3,(H2,21,25)(H,22,23)(H,24,26)/b14-9+. The lowest BCUT2D eigenvalue weighted by atomic mass is 9.92. The molecule has 1 aromatic heterocycles. The number of carbonyl (C=O) groups is 2. The van der Waals surface area contributed by atoms with Crippen LogP contribution in [0.5, 0.6) is 0 Å². The molecule has 0 aromatic carbocycles. The largest absolute Gasteiger partial charge is 0.364 e. The van der Waals surface area contributed by atoms with E-state index in [0.29, 0.717) is 17.2 Å². The molecule has 1 heterocycles. The van der Waals surface area contributed by atoms with Gasteiger partial charge >= 0.3 is 0 Å². The van der Waals surface area contributed by atoms with Crippen LogP contribution in [0.15, 0.2) is 35.3 Å². The quantitative estimate of drug-likeness (QED) is 0.653. The monoisotopic (exact) mass is 386 g/mol. The van der Waals surface area contributed by atoms with Crippen LogP contribution in [0.4, 0.5) is 14.5 Å². The van der Waals surface area contributed by atoms with Gasteiger partial charge in [0.2, 0.25) is 5.91 Å². The number of anilines is 2. The maximum absolute atomic E-state index is 13.5. The van der Waals surface area contributed by atoms with Gasteiger partial charge in [-0.05, 0) is 49.0 Å². The number of thiazole rings is 1. The van der Waals surface area contributed by atoms with Crippen LogP contribution >= 0.6 is 11.3 Å². The van der Waals surface area contributed by atoms with E-state index in [4.69, 9.17) is 12.2 Å². The van der Waals surface area contributed by atoms with Crippen LogP contribution in [0.2, 0.25) is 0 Å². The van der Waals surface area contributed by atoms with Crippen molar-refractivity contribution in [2.75, 3.05) is 10.6 Å². The van der Waals surface area contributed by atoms with Crippen molar-refractivity contribution >= 4 is 33.3 Å². The number of halogens is 1. The smallest absolute Gasteiger partial charge is 0.270 e. The number of nitrogens with one attached hydrogen (secondary N) is 2. The van der Waals surface area contributed by atoms with E-state index in [-0.39, 0.29) is 34.3 Å². The molecular weight excluding hydrogens is 367 g/mol. The van der Waals surface area contributed by atoms with Crippen LogP contribution in [0.25, 0.3) is 0 Å². The molecule has 1 fully saturated rings. The van der Waals surface area contributed by atoms with Crippen molar-refractivity contribution in [2.24, 2.45) is 17.6 Å². The number of nitrogens with zero attached hydrogens (tertiary/aromatic N) is 1. The Labute approximate surface area is 160 Å². The summed E-state index contributed by atoms with van der Waals surface area (Å²) >= 11 is 1.07. The van der Waals surface area contributed by atoms with E-state index in [2.05, 4.69) is 21.5 Å². The van der Waals surface area contributed by atoms with E-state index in [1.165, 1.54) is 12.2 Å². The van der Waals surface area contributed by atoms with E-state index in [9.17, 15) is 14.0 Å². The normalized spacial score (nSPS) is 19.6. The number of terminal acetylenes is 1. The number of hydrogen-bond donors (Lipinski definition) is 3. The topological polar surface area (TPSA) is 97.1 Å². The lowest BCUT2D eigenvalue weighted by Gasteiger charge is -2.15. The Bertz CT molecular complexity index is 919. The Hall–Kier alpha value is -2.92. The van der Waals surface area contributed by atoms with Crippen molar-refractivity contribution < 1.29 is 14.0 Å². The zero-order valence-corrected chi connectivity index (χ0v) is 15.5. The number of amides is 2. The van der Waals surface area contributed by atoms with Gasteiger partial charge in [0.05, 0.1) is 5.70 Å². The average Bonchev–Trinajstić information content (AvgIpc) is 3.40. The van der Waals surface area contributed by atoms with Crippen molar-refractivity contribution in [3.63, 3.8) is 0 Å². The SMILES string of the molecule is C#C/C(=C\C1=CC(F)=CCC1C)Nc1nc(C(N)=O)c(NC(=O)C2CC2)s1. The lowest BCUT2D eigenvalue weighted by Crippen LogP contribution is -2.18. The molecule has 3 rings (SSSR count). The summed E-state index contributed by atoms with van der Waals surface area (Å²) < 4.78 is 13.5. The summed E-state index contributed by atoms with van der Waals surface area (Å²) in [5, 5.41) is 6.24. The first kappa shape index (κ1) is 18.9. The fraction of sp³-hybridized carbons (Fsp3) is 0.316. The molecule has 2 aliphatic rings. The highest BCUT2D eigenvalue weighted by Gasteiger charge is 2.31. The molecule has 0 aliphatic heterocycles. The molecule has 2 amide bonds. The maximum atomic E-state index is 13.5. The highest BCUT2D eigenvalue weighted by Crippen LogP contribution is 2.34. The molecular formula is C19H19FN4O2S. The minimum Gasteiger partial charge on any atom is -0.364 e. The van der Waals surface area contributed by atoms with Gasteiger partial charge in [-0.15, -0.1) is 6.42 Å². The predicted octanol–water partition coefficient (Wildman–Crippen LogP) is 3.34. The Morgan fingerprint density at radius 2 is 2.19 bits per heavy atom. The summed E-state index contributed by atoms with van der Waals surface area (Å²) in [6.07, 6.45) is 12.4. The van der Waals surface area contributed by atoms with Gasteiger partial charge < -0.3 is 16.4 Å². The molecule has 140 valence electrons. The molecule has 0 spiro atoms. The molecule has 0 radical (unpaired) electrons. The summed E-state index contributed by atoms with van der Waals surface area (Å²) in [6, 6.07) is 0. The first-order valence-corrected chi connectivity index (χ1v) is 9.33. The van der Waals surface area contributed by atoms with Crippen LogP contribution in [0, 0.1) is 24.2 Å². The minimum absolute atomic E-state index is 0.0203. The molecule has 8 heteroatoms. The van der Waals surface area contributed by atoms with Gasteiger partial charge in [-0.25, -0.2) is 9.37 Å². The molecule has 0 bridgehead atoms. The van der Waals surface area contributed by atoms with Gasteiger partial charge in [0, 0.05) is 5.92 Å². The molecule has 0 saturated heterocycles. The van der Waals surface area contributed by atoms with Crippen LogP contribution < -0.4 is 16.4 Å². The van der Waals surface area contributed by atoms with E-state index in [0.717, 1.165) is 29.8 Å². The van der Waals surface area contributed by atoms with E-state index >= 15 is 0 Å². The Balaban J connectivity index is 1.82. The van der Waals surface area contributed by atoms with Gasteiger partial charge in [-0.2, -0.15) is 0 Å². The zero-order valence-electron chi connectivity index (χ0n) is 14.7. The maximum Gasteiger partial charge on any atom is 0.270 e. The first-order chi connectivity index (χ1) is 12.9. The van der Waals surface area contributed by atoms with Crippen LogP contribution in [-0.2, 0) is 4.79 Å². The highest BCUT2D eigenvalue weighted by molar-refractivity contribution is 7.20. The molecule has 27 heavy (non-hydrogen) atoms. The second-order valence-corrected chi connectivity index (χ2v) is 7.52. The summed E-state index contributed by atoms with van der Waals surface area (Å²) in [6.45, 7) is 1.97. The number of aromatic nitrogens is 1. The predicted molar refractivity (Wildman–Crippen MR) is 104 cm³/mol. The number of rotatable bonds is 6. The molecule has 1 unspecified atom stereocenters. The number of hydrogen-bond acceptors (Lipinski definition) is 5.